The van der Waals surface area contributed by atoms with E-state index in [1.807, 2.05) is 6.07 Å². The Hall–Kier alpha value is -0.830. The summed E-state index contributed by atoms with van der Waals surface area (Å²) in [6, 6.07) is 8.96. The van der Waals surface area contributed by atoms with E-state index in [-0.39, 0.29) is 0 Å². The molecule has 0 spiro atoms. The van der Waals surface area contributed by atoms with Gasteiger partial charge < -0.3 is 10.1 Å². The van der Waals surface area contributed by atoms with E-state index in [1.165, 1.54) is 30.0 Å². The van der Waals surface area contributed by atoms with Gasteiger partial charge in [-0.15, -0.1) is 0 Å². The number of benzene rings is 1. The molecule has 0 atom stereocenters. The van der Waals surface area contributed by atoms with Gasteiger partial charge in [0.2, 0.25) is 0 Å². The lowest BCUT2D eigenvalue weighted by Gasteiger charge is -2.23. The van der Waals surface area contributed by atoms with Crippen LogP contribution in [0.15, 0.2) is 24.3 Å². The van der Waals surface area contributed by atoms with E-state index in [4.69, 9.17) is 4.74 Å². The largest absolute Gasteiger partial charge is 0.494 e. The van der Waals surface area contributed by atoms with Gasteiger partial charge in [-0.2, -0.15) is 11.8 Å². The molecule has 1 fully saturated rings. The monoisotopic (exact) mass is 251 g/mol. The molecule has 3 heteroatoms. The molecule has 1 heterocycles. The van der Waals surface area contributed by atoms with E-state index >= 15 is 0 Å². The topological polar surface area (TPSA) is 21.3 Å². The molecule has 0 aromatic heterocycles. The van der Waals surface area contributed by atoms with Gasteiger partial charge in [-0.3, -0.25) is 0 Å². The van der Waals surface area contributed by atoms with Crippen molar-refractivity contribution in [3.63, 3.8) is 0 Å². The maximum absolute atomic E-state index is 5.64. The zero-order valence-electron chi connectivity index (χ0n) is 10.4. The Morgan fingerprint density at radius 3 is 2.94 bits per heavy atom. The second kappa shape index (κ2) is 6.80. The molecule has 2 rings (SSSR count). The van der Waals surface area contributed by atoms with E-state index in [0.717, 1.165) is 18.8 Å². The average Bonchev–Trinajstić information content (AvgIpc) is 2.38. The van der Waals surface area contributed by atoms with Gasteiger partial charge in [0.15, 0.2) is 0 Å². The van der Waals surface area contributed by atoms with Crippen molar-refractivity contribution in [3.05, 3.63) is 24.3 Å². The Morgan fingerprint density at radius 2 is 2.18 bits per heavy atom. The number of anilines is 1. The fourth-order valence-electron chi connectivity index (χ4n) is 1.97. The molecule has 1 aromatic rings. The van der Waals surface area contributed by atoms with Crippen LogP contribution in [0.3, 0.4) is 0 Å². The zero-order chi connectivity index (χ0) is 11.9. The minimum absolute atomic E-state index is 0.637. The first-order valence-corrected chi connectivity index (χ1v) is 7.61. The van der Waals surface area contributed by atoms with Gasteiger partial charge in [-0.05, 0) is 42.9 Å². The molecule has 94 valence electrons. The Morgan fingerprint density at radius 1 is 1.35 bits per heavy atom. The zero-order valence-corrected chi connectivity index (χ0v) is 11.3. The molecular formula is C14H21NOS. The lowest BCUT2D eigenvalue weighted by Crippen LogP contribution is -2.24. The summed E-state index contributed by atoms with van der Waals surface area (Å²) < 4.78 is 5.64. The van der Waals surface area contributed by atoms with Gasteiger partial charge in [0.25, 0.3) is 0 Å². The smallest absolute Gasteiger partial charge is 0.121 e. The highest BCUT2D eigenvalue weighted by Gasteiger charge is 2.13. The van der Waals surface area contributed by atoms with Crippen LogP contribution in [0.1, 0.15) is 26.2 Å². The van der Waals surface area contributed by atoms with Crippen LogP contribution in [-0.4, -0.2) is 24.2 Å². The van der Waals surface area contributed by atoms with Gasteiger partial charge in [0.1, 0.15) is 5.75 Å². The van der Waals surface area contributed by atoms with Gasteiger partial charge >= 0.3 is 0 Å². The molecule has 1 aromatic carbocycles. The molecule has 0 radical (unpaired) electrons. The van der Waals surface area contributed by atoms with Gasteiger partial charge in [-0.1, -0.05) is 13.0 Å². The van der Waals surface area contributed by atoms with Gasteiger partial charge in [-0.25, -0.2) is 0 Å². The molecule has 0 bridgehead atoms. The molecule has 1 N–H and O–H groups in total. The highest BCUT2D eigenvalue weighted by molar-refractivity contribution is 7.99. The first kappa shape index (κ1) is 12.6. The predicted octanol–water partition coefficient (Wildman–Crippen LogP) is 3.78. The first-order chi connectivity index (χ1) is 8.38. The molecule has 0 aliphatic carbocycles. The Kier molecular flexibility index (Phi) is 5.05. The Bertz CT molecular complexity index is 337. The van der Waals surface area contributed by atoms with E-state index < -0.39 is 0 Å². The predicted molar refractivity (Wildman–Crippen MR) is 76.2 cm³/mol. The Balaban J connectivity index is 1.90. The summed E-state index contributed by atoms with van der Waals surface area (Å²) in [7, 11) is 0. The van der Waals surface area contributed by atoms with Crippen LogP contribution in [0, 0.1) is 0 Å². The lowest BCUT2D eigenvalue weighted by molar-refractivity contribution is 0.317. The minimum atomic E-state index is 0.637. The molecule has 1 saturated heterocycles. The number of hydrogen-bond acceptors (Lipinski definition) is 3. The summed E-state index contributed by atoms with van der Waals surface area (Å²) in [5.41, 5.74) is 1.19. The van der Waals surface area contributed by atoms with E-state index in [0.29, 0.717) is 6.04 Å². The molecule has 1 aliphatic rings. The molecule has 17 heavy (non-hydrogen) atoms. The molecule has 0 unspecified atom stereocenters. The summed E-state index contributed by atoms with van der Waals surface area (Å²) in [5.74, 6) is 3.54. The second-order valence-corrected chi connectivity index (χ2v) is 5.63. The fraction of sp³-hybridized carbons (Fsp3) is 0.571. The number of thioether (sulfide) groups is 1. The summed E-state index contributed by atoms with van der Waals surface area (Å²) in [4.78, 5) is 0. The highest BCUT2D eigenvalue weighted by Crippen LogP contribution is 2.23. The maximum Gasteiger partial charge on any atom is 0.121 e. The lowest BCUT2D eigenvalue weighted by atomic mass is 10.1. The third-order valence-electron chi connectivity index (χ3n) is 2.90. The van der Waals surface area contributed by atoms with Crippen LogP contribution in [-0.2, 0) is 0 Å². The number of rotatable bonds is 5. The van der Waals surface area contributed by atoms with E-state index in [9.17, 15) is 0 Å². The molecule has 1 aliphatic heterocycles. The van der Waals surface area contributed by atoms with Crippen molar-refractivity contribution in [2.45, 2.75) is 32.2 Å². The van der Waals surface area contributed by atoms with Crippen LogP contribution in [0.2, 0.25) is 0 Å². The van der Waals surface area contributed by atoms with Crippen molar-refractivity contribution in [1.29, 1.82) is 0 Å². The summed E-state index contributed by atoms with van der Waals surface area (Å²) >= 11 is 2.06. The Labute approximate surface area is 108 Å². The highest BCUT2D eigenvalue weighted by atomic mass is 32.2. The molecular weight excluding hydrogens is 230 g/mol. The maximum atomic E-state index is 5.64. The van der Waals surface area contributed by atoms with Crippen LogP contribution in [0.5, 0.6) is 5.75 Å². The normalized spacial score (nSPS) is 16.8. The van der Waals surface area contributed by atoms with Crippen LogP contribution in [0.4, 0.5) is 5.69 Å². The van der Waals surface area contributed by atoms with Crippen molar-refractivity contribution in [2.24, 2.45) is 0 Å². The summed E-state index contributed by atoms with van der Waals surface area (Å²) in [6.45, 7) is 2.92. The van der Waals surface area contributed by atoms with E-state index in [2.05, 4.69) is 42.2 Å². The van der Waals surface area contributed by atoms with Crippen molar-refractivity contribution in [3.8, 4) is 5.75 Å². The van der Waals surface area contributed by atoms with Gasteiger partial charge in [0, 0.05) is 17.8 Å². The summed E-state index contributed by atoms with van der Waals surface area (Å²) in [5, 5.41) is 3.60. The number of nitrogens with one attached hydrogen (secondary N) is 1. The first-order valence-electron chi connectivity index (χ1n) is 6.45. The van der Waals surface area contributed by atoms with Gasteiger partial charge in [0.05, 0.1) is 6.61 Å². The van der Waals surface area contributed by atoms with Crippen LogP contribution in [0.25, 0.3) is 0 Å². The van der Waals surface area contributed by atoms with Crippen LogP contribution >= 0.6 is 11.8 Å². The number of hydrogen-bond donors (Lipinski definition) is 1. The van der Waals surface area contributed by atoms with Crippen LogP contribution < -0.4 is 10.1 Å². The third kappa shape index (κ3) is 4.15. The SMILES string of the molecule is CCCOc1cccc(NC2CCSCC2)c1. The van der Waals surface area contributed by atoms with E-state index in [1.54, 1.807) is 0 Å². The molecule has 0 amide bonds. The van der Waals surface area contributed by atoms with Crippen molar-refractivity contribution in [1.82, 2.24) is 0 Å². The van der Waals surface area contributed by atoms with Crippen molar-refractivity contribution >= 4 is 17.4 Å². The minimum Gasteiger partial charge on any atom is -0.494 e. The van der Waals surface area contributed by atoms with Crippen molar-refractivity contribution < 1.29 is 4.74 Å². The molecule has 2 nitrogen and oxygen atoms in total. The third-order valence-corrected chi connectivity index (χ3v) is 3.95. The number of ether oxygens (including phenoxy) is 1. The quantitative estimate of drug-likeness (QED) is 0.860. The standard InChI is InChI=1S/C14H21NOS/c1-2-8-16-14-5-3-4-13(11-14)15-12-6-9-17-10-7-12/h3-5,11-12,15H,2,6-10H2,1H3. The fourth-order valence-corrected chi connectivity index (χ4v) is 3.08. The molecule has 0 saturated carbocycles. The summed E-state index contributed by atoms with van der Waals surface area (Å²) in [6.07, 6.45) is 3.59. The van der Waals surface area contributed by atoms with Crippen molar-refractivity contribution in [2.75, 3.05) is 23.4 Å². The second-order valence-electron chi connectivity index (χ2n) is 4.41. The average molecular weight is 251 g/mol.